The summed E-state index contributed by atoms with van der Waals surface area (Å²) in [5.41, 5.74) is 13.1. The van der Waals surface area contributed by atoms with Crippen molar-refractivity contribution in [2.45, 2.75) is 95.1 Å². The van der Waals surface area contributed by atoms with Gasteiger partial charge in [-0.3, -0.25) is 38.4 Å². The highest BCUT2D eigenvalue weighted by molar-refractivity contribution is 6.30. The summed E-state index contributed by atoms with van der Waals surface area (Å²) in [6, 6.07) is 12.3. The van der Waals surface area contributed by atoms with E-state index in [9.17, 15) is 53.7 Å². The van der Waals surface area contributed by atoms with Crippen LogP contribution in [0.5, 0.6) is 11.5 Å². The number of aliphatic hydroxyl groups is 1. The first-order chi connectivity index (χ1) is 30.8. The predicted molar refractivity (Wildman–Crippen MR) is 239 cm³/mol. The highest BCUT2D eigenvalue weighted by atomic mass is 35.5. The molecule has 0 aromatic heterocycles. The van der Waals surface area contributed by atoms with Crippen LogP contribution in [0.15, 0.2) is 72.8 Å². The fraction of sp³-hybridized carbons (Fsp3) is 0.409. The zero-order chi connectivity index (χ0) is 48.1. The Bertz CT molecular complexity index is 2090. The summed E-state index contributed by atoms with van der Waals surface area (Å²) in [7, 11) is 0. The van der Waals surface area contributed by atoms with E-state index in [0.717, 1.165) is 5.56 Å². The number of aromatic hydroxyl groups is 2. The number of halogens is 1. The van der Waals surface area contributed by atoms with Gasteiger partial charge in [0.25, 0.3) is 0 Å². The Balaban J connectivity index is 1.61. The number of aryl methyl sites for hydroxylation is 1. The van der Waals surface area contributed by atoms with Gasteiger partial charge in [-0.2, -0.15) is 0 Å². The third-order valence-corrected chi connectivity index (χ3v) is 10.1. The van der Waals surface area contributed by atoms with Crippen molar-refractivity contribution in [1.29, 1.82) is 0 Å². The lowest BCUT2D eigenvalue weighted by atomic mass is 10.0. The van der Waals surface area contributed by atoms with Crippen molar-refractivity contribution in [1.82, 2.24) is 37.2 Å². The molecule has 2 unspecified atom stereocenters. The molecule has 3 rings (SSSR count). The Kier molecular flexibility index (Phi) is 21.6. The summed E-state index contributed by atoms with van der Waals surface area (Å²) in [6.07, 6.45) is -0.237. The molecular formula is C44H58ClN9O11. The Morgan fingerprint density at radius 2 is 1.09 bits per heavy atom. The second kappa shape index (κ2) is 26.8. The van der Waals surface area contributed by atoms with E-state index in [0.29, 0.717) is 35.4 Å². The lowest BCUT2D eigenvalue weighted by Crippen LogP contribution is -2.59. The second-order valence-electron chi connectivity index (χ2n) is 15.3. The fourth-order valence-corrected chi connectivity index (χ4v) is 6.36. The number of rotatable bonds is 26. The summed E-state index contributed by atoms with van der Waals surface area (Å²) >= 11 is 5.93. The molecular weight excluding hydrogens is 866 g/mol. The van der Waals surface area contributed by atoms with Crippen LogP contribution >= 0.6 is 11.6 Å². The molecule has 0 aliphatic heterocycles. The smallest absolute Gasteiger partial charge is 0.245 e. The molecule has 0 radical (unpaired) electrons. The predicted octanol–water partition coefficient (Wildman–Crippen LogP) is -1.16. The lowest BCUT2D eigenvalue weighted by molar-refractivity contribution is -0.135. The minimum Gasteiger partial charge on any atom is -0.508 e. The number of hydrogen-bond acceptors (Lipinski definition) is 12. The maximum atomic E-state index is 13.5. The SMILES string of the molecule is CC(O)C(NC(=O)[C@H](CCCCN)NC(=O)CNC(=O)[C@H](Cc1ccc(O)cc1)NC(=O)[C@@H](C)NC(=O)CCc1ccc(Cl)cc1)C(=O)NCC(=O)N[C@H](Cc1ccc(O)cc1)C(N)=O. The van der Waals surface area contributed by atoms with E-state index in [-0.39, 0.29) is 43.7 Å². The molecule has 3 aromatic rings. The monoisotopic (exact) mass is 923 g/mol. The summed E-state index contributed by atoms with van der Waals surface area (Å²) in [6.45, 7) is 1.60. The van der Waals surface area contributed by atoms with Crippen LogP contribution in [0.2, 0.25) is 5.02 Å². The lowest BCUT2D eigenvalue weighted by Gasteiger charge is -2.25. The first-order valence-corrected chi connectivity index (χ1v) is 21.2. The van der Waals surface area contributed by atoms with Crippen molar-refractivity contribution in [3.63, 3.8) is 0 Å². The molecule has 0 saturated heterocycles. The molecule has 3 aromatic carbocycles. The molecule has 0 bridgehead atoms. The van der Waals surface area contributed by atoms with E-state index in [1.165, 1.54) is 62.4 Å². The van der Waals surface area contributed by atoms with Crippen molar-refractivity contribution < 1.29 is 53.7 Å². The van der Waals surface area contributed by atoms with Crippen LogP contribution < -0.4 is 48.7 Å². The van der Waals surface area contributed by atoms with Gasteiger partial charge in [0.1, 0.15) is 41.7 Å². The zero-order valence-electron chi connectivity index (χ0n) is 36.1. The van der Waals surface area contributed by atoms with E-state index >= 15 is 0 Å². The van der Waals surface area contributed by atoms with E-state index in [1.54, 1.807) is 24.3 Å². The first kappa shape index (κ1) is 52.6. The Hall–Kier alpha value is -6.77. The van der Waals surface area contributed by atoms with E-state index in [2.05, 4.69) is 37.2 Å². The molecule has 20 nitrogen and oxygen atoms in total. The van der Waals surface area contributed by atoms with Gasteiger partial charge in [0, 0.05) is 24.3 Å². The summed E-state index contributed by atoms with van der Waals surface area (Å²) in [5.74, 6) is -6.26. The van der Waals surface area contributed by atoms with E-state index in [4.69, 9.17) is 23.1 Å². The van der Waals surface area contributed by atoms with Gasteiger partial charge >= 0.3 is 0 Å². The van der Waals surface area contributed by atoms with Gasteiger partial charge in [-0.15, -0.1) is 0 Å². The maximum Gasteiger partial charge on any atom is 0.245 e. The molecule has 0 fully saturated rings. The minimum atomic E-state index is -1.60. The van der Waals surface area contributed by atoms with Gasteiger partial charge < -0.3 is 64.0 Å². The van der Waals surface area contributed by atoms with Crippen molar-refractivity contribution in [3.05, 3.63) is 94.5 Å². The molecule has 0 aliphatic rings. The van der Waals surface area contributed by atoms with Crippen LogP contribution in [0, 0.1) is 0 Å². The number of carbonyl (C=O) groups excluding carboxylic acids is 8. The Labute approximate surface area is 381 Å². The molecule has 14 N–H and O–H groups in total. The summed E-state index contributed by atoms with van der Waals surface area (Å²) in [4.78, 5) is 104. The van der Waals surface area contributed by atoms with Crippen LogP contribution in [-0.2, 0) is 57.6 Å². The Morgan fingerprint density at radius 3 is 1.62 bits per heavy atom. The van der Waals surface area contributed by atoms with Crippen LogP contribution in [0.4, 0.5) is 0 Å². The molecule has 65 heavy (non-hydrogen) atoms. The molecule has 0 saturated carbocycles. The number of amides is 8. The minimum absolute atomic E-state index is 0.00124. The molecule has 0 spiro atoms. The van der Waals surface area contributed by atoms with Crippen LogP contribution in [0.1, 0.15) is 56.2 Å². The number of phenols is 2. The van der Waals surface area contributed by atoms with Gasteiger partial charge in [-0.05, 0) is 99.2 Å². The van der Waals surface area contributed by atoms with E-state index in [1.807, 2.05) is 0 Å². The molecule has 0 aliphatic carbocycles. The van der Waals surface area contributed by atoms with Crippen LogP contribution in [0.25, 0.3) is 0 Å². The average Bonchev–Trinajstić information content (AvgIpc) is 3.26. The maximum absolute atomic E-state index is 13.5. The van der Waals surface area contributed by atoms with Crippen LogP contribution in [0.3, 0.4) is 0 Å². The highest BCUT2D eigenvalue weighted by Crippen LogP contribution is 2.14. The van der Waals surface area contributed by atoms with Crippen molar-refractivity contribution >= 4 is 58.9 Å². The molecule has 21 heteroatoms. The molecule has 8 amide bonds. The van der Waals surface area contributed by atoms with Gasteiger partial charge in [-0.25, -0.2) is 0 Å². The van der Waals surface area contributed by atoms with Crippen molar-refractivity contribution in [2.24, 2.45) is 11.5 Å². The number of benzene rings is 3. The quantitative estimate of drug-likeness (QED) is 0.0425. The molecule has 6 atom stereocenters. The summed E-state index contributed by atoms with van der Waals surface area (Å²) in [5, 5.41) is 47.5. The van der Waals surface area contributed by atoms with Crippen LogP contribution in [-0.4, -0.2) is 119 Å². The van der Waals surface area contributed by atoms with Gasteiger partial charge in [0.15, 0.2) is 0 Å². The van der Waals surface area contributed by atoms with Crippen molar-refractivity contribution in [2.75, 3.05) is 19.6 Å². The average molecular weight is 924 g/mol. The first-order valence-electron chi connectivity index (χ1n) is 20.9. The fourth-order valence-electron chi connectivity index (χ4n) is 6.23. The normalized spacial score (nSPS) is 13.6. The highest BCUT2D eigenvalue weighted by Gasteiger charge is 2.31. The number of aliphatic hydroxyl groups excluding tert-OH is 1. The number of carbonyl (C=O) groups is 8. The van der Waals surface area contributed by atoms with E-state index < -0.39 is 96.7 Å². The topological polar surface area (TPSA) is 333 Å². The van der Waals surface area contributed by atoms with Gasteiger partial charge in [0.05, 0.1) is 19.2 Å². The van der Waals surface area contributed by atoms with Crippen molar-refractivity contribution in [3.8, 4) is 11.5 Å². The second-order valence-corrected chi connectivity index (χ2v) is 15.7. The van der Waals surface area contributed by atoms with Gasteiger partial charge in [0.2, 0.25) is 47.3 Å². The standard InChI is InChI=1S/C44H58ClN9O11/c1-25(50-36(58)19-12-27-6-13-30(45)14-7-27)41(62)53-35(22-29-10-17-32(57)18-11-29)42(63)48-23-37(59)51-33(5-3-4-20-46)43(64)54-39(26(2)55)44(65)49-24-38(60)52-34(40(47)61)21-28-8-15-31(56)16-9-28/h6-11,13-18,25-26,33-35,39,55-57H,3-5,12,19-24,46H2,1-2H3,(H2,47,61)(H,48,63)(H,49,65)(H,50,58)(H,51,59)(H,52,60)(H,53,62)(H,54,64)/t25-,26?,33+,34-,35+,39?/m1/s1. The Morgan fingerprint density at radius 1 is 0.585 bits per heavy atom. The number of hydrogen-bond donors (Lipinski definition) is 12. The third kappa shape index (κ3) is 19.2. The number of primary amides is 1. The number of nitrogens with two attached hydrogens (primary N) is 2. The molecule has 0 heterocycles. The number of phenolic OH excluding ortho intramolecular Hbond substituents is 2. The summed E-state index contributed by atoms with van der Waals surface area (Å²) < 4.78 is 0. The zero-order valence-corrected chi connectivity index (χ0v) is 36.9. The third-order valence-electron chi connectivity index (χ3n) is 9.90. The number of nitrogens with one attached hydrogen (secondary N) is 7. The van der Waals surface area contributed by atoms with Gasteiger partial charge in [-0.1, -0.05) is 48.0 Å². The molecule has 352 valence electrons. The largest absolute Gasteiger partial charge is 0.508 e. The number of unbranched alkanes of at least 4 members (excludes halogenated alkanes) is 1.